The number of H-pyrrole nitrogens is 1. The van der Waals surface area contributed by atoms with E-state index in [1.54, 1.807) is 0 Å². The van der Waals surface area contributed by atoms with E-state index in [1.165, 1.54) is 35.2 Å². The molecule has 0 bridgehead atoms. The van der Waals surface area contributed by atoms with Crippen LogP contribution in [0.25, 0.3) is 10.9 Å². The van der Waals surface area contributed by atoms with Gasteiger partial charge in [-0.25, -0.2) is 4.68 Å². The van der Waals surface area contributed by atoms with E-state index in [2.05, 4.69) is 87.5 Å². The molecule has 1 aliphatic heterocycles. The molecule has 8 nitrogen and oxygen atoms in total. The van der Waals surface area contributed by atoms with Gasteiger partial charge in [0.1, 0.15) is 6.04 Å². The number of hydrogen-bond acceptors (Lipinski definition) is 6. The van der Waals surface area contributed by atoms with E-state index < -0.39 is 0 Å². The minimum Gasteiger partial charge on any atom is -0.369 e. The molecule has 8 heteroatoms. The topological polar surface area (TPSA) is 82.9 Å². The number of tetrazole rings is 1. The summed E-state index contributed by atoms with van der Waals surface area (Å²) >= 11 is 0. The second-order valence-electron chi connectivity index (χ2n) is 11.0. The maximum absolute atomic E-state index is 13.6. The molecule has 1 atom stereocenters. The Labute approximate surface area is 223 Å². The van der Waals surface area contributed by atoms with Gasteiger partial charge in [-0.2, -0.15) is 0 Å². The predicted octanol–water partition coefficient (Wildman–Crippen LogP) is 4.72. The van der Waals surface area contributed by atoms with Gasteiger partial charge in [-0.1, -0.05) is 38.0 Å². The summed E-state index contributed by atoms with van der Waals surface area (Å²) < 4.78 is 2.01. The number of nitrogens with zero attached hydrogens (tertiary/aromatic N) is 6. The summed E-state index contributed by atoms with van der Waals surface area (Å²) in [6, 6.07) is 15.0. The van der Waals surface area contributed by atoms with Crippen LogP contribution in [0.15, 0.2) is 47.3 Å². The van der Waals surface area contributed by atoms with Gasteiger partial charge in [0.25, 0.3) is 5.56 Å². The Morgan fingerprint density at radius 3 is 2.55 bits per heavy atom. The molecule has 6 rings (SSSR count). The number of aromatic amines is 1. The number of anilines is 1. The summed E-state index contributed by atoms with van der Waals surface area (Å²) in [5.41, 5.74) is 6.64. The molecule has 1 saturated heterocycles. The van der Waals surface area contributed by atoms with Crippen LogP contribution in [0.2, 0.25) is 0 Å². The average Bonchev–Trinajstić information content (AvgIpc) is 3.63. The summed E-state index contributed by atoms with van der Waals surface area (Å²) in [7, 11) is 0. The quantitative estimate of drug-likeness (QED) is 0.403. The zero-order valence-corrected chi connectivity index (χ0v) is 22.7. The normalized spacial score (nSPS) is 17.9. The summed E-state index contributed by atoms with van der Waals surface area (Å²) in [5, 5.41) is 14.2. The highest BCUT2D eigenvalue weighted by Gasteiger charge is 2.35. The molecule has 2 aromatic carbocycles. The third-order valence-electron chi connectivity index (χ3n) is 8.46. The lowest BCUT2D eigenvalue weighted by molar-refractivity contribution is 0.196. The van der Waals surface area contributed by atoms with Crippen LogP contribution in [0.3, 0.4) is 0 Å². The molecule has 0 radical (unpaired) electrons. The molecule has 3 heterocycles. The number of piperazine rings is 1. The molecule has 1 saturated carbocycles. The SMILES string of the molecule is CCc1ccc2[nH]c(=O)c([C@@H](c3nnnn3C3CCCC3)N3CCN(c4cc(C)ccc4C)CC3)cc2c1. The Kier molecular flexibility index (Phi) is 6.74. The van der Waals surface area contributed by atoms with Crippen molar-refractivity contribution < 1.29 is 0 Å². The lowest BCUT2D eigenvalue weighted by atomic mass is 10.0. The number of hydrogen-bond donors (Lipinski definition) is 1. The van der Waals surface area contributed by atoms with Crippen LogP contribution >= 0.6 is 0 Å². The number of aromatic nitrogens is 5. The van der Waals surface area contributed by atoms with E-state index in [0.29, 0.717) is 6.04 Å². The summed E-state index contributed by atoms with van der Waals surface area (Å²) in [5.74, 6) is 0.786. The third kappa shape index (κ3) is 4.62. The number of nitrogens with one attached hydrogen (secondary N) is 1. The molecule has 2 aromatic heterocycles. The maximum Gasteiger partial charge on any atom is 0.253 e. The highest BCUT2D eigenvalue weighted by molar-refractivity contribution is 5.80. The van der Waals surface area contributed by atoms with E-state index in [1.807, 2.05) is 10.7 Å². The van der Waals surface area contributed by atoms with Crippen LogP contribution in [0.4, 0.5) is 5.69 Å². The minimum absolute atomic E-state index is 0.0651. The fourth-order valence-corrected chi connectivity index (χ4v) is 6.27. The number of pyridine rings is 1. The molecule has 1 aliphatic carbocycles. The largest absolute Gasteiger partial charge is 0.369 e. The van der Waals surface area contributed by atoms with Crippen LogP contribution in [0.5, 0.6) is 0 Å². The lowest BCUT2D eigenvalue weighted by Crippen LogP contribution is -2.49. The first kappa shape index (κ1) is 24.8. The van der Waals surface area contributed by atoms with Gasteiger partial charge in [0, 0.05) is 42.9 Å². The van der Waals surface area contributed by atoms with Crippen LogP contribution in [-0.4, -0.2) is 56.3 Å². The predicted molar refractivity (Wildman–Crippen MR) is 151 cm³/mol. The molecular weight excluding hydrogens is 474 g/mol. The summed E-state index contributed by atoms with van der Waals surface area (Å²) in [6.45, 7) is 9.90. The Hall–Kier alpha value is -3.52. The first-order valence-electron chi connectivity index (χ1n) is 14.0. The molecule has 0 spiro atoms. The fraction of sp³-hybridized carbons (Fsp3) is 0.467. The number of aryl methyl sites for hydroxylation is 3. The number of benzene rings is 2. The maximum atomic E-state index is 13.6. The van der Waals surface area contributed by atoms with Gasteiger partial charge in [-0.05, 0) is 89.9 Å². The second-order valence-corrected chi connectivity index (χ2v) is 11.0. The Morgan fingerprint density at radius 2 is 1.79 bits per heavy atom. The zero-order valence-electron chi connectivity index (χ0n) is 22.7. The van der Waals surface area contributed by atoms with Crippen molar-refractivity contribution in [3.63, 3.8) is 0 Å². The van der Waals surface area contributed by atoms with E-state index in [9.17, 15) is 4.79 Å². The molecule has 2 aliphatic rings. The third-order valence-corrected chi connectivity index (χ3v) is 8.46. The van der Waals surface area contributed by atoms with Gasteiger partial charge in [0.15, 0.2) is 5.82 Å². The van der Waals surface area contributed by atoms with Gasteiger partial charge in [-0.15, -0.1) is 5.10 Å². The average molecular weight is 512 g/mol. The molecule has 1 N–H and O–H groups in total. The van der Waals surface area contributed by atoms with Gasteiger partial charge < -0.3 is 9.88 Å². The molecular formula is C30H37N7O. The monoisotopic (exact) mass is 511 g/mol. The van der Waals surface area contributed by atoms with Crippen molar-refractivity contribution in [1.29, 1.82) is 0 Å². The van der Waals surface area contributed by atoms with E-state index >= 15 is 0 Å². The van der Waals surface area contributed by atoms with Crippen LogP contribution < -0.4 is 10.5 Å². The van der Waals surface area contributed by atoms with Gasteiger partial charge in [0.2, 0.25) is 0 Å². The summed E-state index contributed by atoms with van der Waals surface area (Å²) in [4.78, 5) is 21.6. The van der Waals surface area contributed by atoms with Crippen LogP contribution in [0, 0.1) is 13.8 Å². The lowest BCUT2D eigenvalue weighted by Gasteiger charge is -2.40. The van der Waals surface area contributed by atoms with Crippen LogP contribution in [0.1, 0.15) is 72.8 Å². The number of fused-ring (bicyclic) bond motifs is 1. The molecule has 198 valence electrons. The van der Waals surface area contributed by atoms with Gasteiger partial charge >= 0.3 is 0 Å². The van der Waals surface area contributed by atoms with Crippen molar-refractivity contribution in [1.82, 2.24) is 30.1 Å². The van der Waals surface area contributed by atoms with Crippen molar-refractivity contribution in [2.75, 3.05) is 31.1 Å². The van der Waals surface area contributed by atoms with E-state index in [-0.39, 0.29) is 11.6 Å². The van der Waals surface area contributed by atoms with Crippen molar-refractivity contribution in [3.8, 4) is 0 Å². The van der Waals surface area contributed by atoms with E-state index in [0.717, 1.165) is 67.7 Å². The Morgan fingerprint density at radius 1 is 1.00 bits per heavy atom. The number of rotatable bonds is 6. The Balaban J connectivity index is 1.39. The Bertz CT molecular complexity index is 1490. The first-order chi connectivity index (χ1) is 18.5. The molecule has 0 unspecified atom stereocenters. The first-order valence-corrected chi connectivity index (χ1v) is 14.0. The van der Waals surface area contributed by atoms with E-state index in [4.69, 9.17) is 0 Å². The summed E-state index contributed by atoms with van der Waals surface area (Å²) in [6.07, 6.45) is 5.51. The van der Waals surface area contributed by atoms with Gasteiger partial charge in [0.05, 0.1) is 6.04 Å². The molecule has 2 fully saturated rings. The van der Waals surface area contributed by atoms with Crippen molar-refractivity contribution in [2.24, 2.45) is 0 Å². The fourth-order valence-electron chi connectivity index (χ4n) is 6.27. The smallest absolute Gasteiger partial charge is 0.253 e. The zero-order chi connectivity index (χ0) is 26.2. The van der Waals surface area contributed by atoms with Gasteiger partial charge in [-0.3, -0.25) is 9.69 Å². The molecule has 4 aromatic rings. The highest BCUT2D eigenvalue weighted by Crippen LogP contribution is 2.35. The van der Waals surface area contributed by atoms with Crippen LogP contribution in [-0.2, 0) is 6.42 Å². The van der Waals surface area contributed by atoms with Crippen molar-refractivity contribution in [3.05, 3.63) is 80.9 Å². The van der Waals surface area contributed by atoms with Crippen molar-refractivity contribution >= 4 is 16.6 Å². The van der Waals surface area contributed by atoms with Crippen molar-refractivity contribution in [2.45, 2.75) is 65.0 Å². The standard InChI is InChI=1S/C30H37N7O/c1-4-22-11-12-26-23(18-22)19-25(30(38)31-26)28(29-32-33-34-37(29)24-7-5-6-8-24)36-15-13-35(14-16-36)27-17-20(2)9-10-21(27)3/h9-12,17-19,24,28H,4-8,13-16H2,1-3H3,(H,31,38)/t28-/m0/s1. The highest BCUT2D eigenvalue weighted by atomic mass is 16.1. The second kappa shape index (κ2) is 10.3. The molecule has 38 heavy (non-hydrogen) atoms. The minimum atomic E-state index is -0.301. The molecule has 0 amide bonds.